The fourth-order valence-electron chi connectivity index (χ4n) is 2.99. The summed E-state index contributed by atoms with van der Waals surface area (Å²) in [6.07, 6.45) is 1.54. The van der Waals surface area contributed by atoms with E-state index in [-0.39, 0.29) is 22.2 Å². The number of amides is 2. The van der Waals surface area contributed by atoms with Crippen molar-refractivity contribution in [1.29, 1.82) is 0 Å². The van der Waals surface area contributed by atoms with E-state index < -0.39 is 12.5 Å². The lowest BCUT2D eigenvalue weighted by Gasteiger charge is -2.11. The predicted molar refractivity (Wildman–Crippen MR) is 117 cm³/mol. The number of alkyl halides is 2. The average Bonchev–Trinajstić information content (AvgIpc) is 3.23. The Hall–Kier alpha value is -3.98. The molecule has 1 heterocycles. The topological polar surface area (TPSA) is 96.1 Å². The highest BCUT2D eigenvalue weighted by molar-refractivity contribution is 6.32. The second-order valence-electron chi connectivity index (χ2n) is 6.65. The van der Waals surface area contributed by atoms with E-state index in [1.807, 2.05) is 0 Å². The number of imidazole rings is 1. The van der Waals surface area contributed by atoms with Gasteiger partial charge in [0.25, 0.3) is 11.8 Å². The highest BCUT2D eigenvalue weighted by atomic mass is 35.5. The van der Waals surface area contributed by atoms with Gasteiger partial charge in [0.1, 0.15) is 5.75 Å². The Morgan fingerprint density at radius 3 is 2.38 bits per heavy atom. The number of carbonyl (C=O) groups excluding carboxylic acids is 2. The molecule has 1 aromatic heterocycles. The summed E-state index contributed by atoms with van der Waals surface area (Å²) in [6.45, 7) is -3.01. The molecule has 0 fully saturated rings. The number of halogens is 3. The van der Waals surface area contributed by atoms with Gasteiger partial charge in [-0.3, -0.25) is 9.59 Å². The summed E-state index contributed by atoms with van der Waals surface area (Å²) < 4.78 is 29.0. The van der Waals surface area contributed by atoms with Crippen LogP contribution in [-0.4, -0.2) is 28.4 Å². The summed E-state index contributed by atoms with van der Waals surface area (Å²) in [7, 11) is 0. The molecule has 0 unspecified atom stereocenters. The van der Waals surface area contributed by atoms with Crippen molar-refractivity contribution in [2.24, 2.45) is 0 Å². The Morgan fingerprint density at radius 1 is 0.938 bits per heavy atom. The molecule has 10 heteroatoms. The minimum absolute atomic E-state index is 0.0710. The fourth-order valence-corrected chi connectivity index (χ4v) is 3.22. The molecule has 32 heavy (non-hydrogen) atoms. The lowest BCUT2D eigenvalue weighted by Crippen LogP contribution is -2.14. The molecule has 0 aliphatic rings. The minimum Gasteiger partial charge on any atom is -0.433 e. The van der Waals surface area contributed by atoms with Crippen molar-refractivity contribution < 1.29 is 23.1 Å². The zero-order valence-electron chi connectivity index (χ0n) is 16.2. The summed E-state index contributed by atoms with van der Waals surface area (Å²) in [4.78, 5) is 32.2. The van der Waals surface area contributed by atoms with Crippen LogP contribution < -0.4 is 15.4 Å². The Morgan fingerprint density at radius 2 is 1.66 bits per heavy atom. The Bertz CT molecular complexity index is 1310. The monoisotopic (exact) mass is 456 g/mol. The average molecular weight is 457 g/mol. The first-order valence-corrected chi connectivity index (χ1v) is 9.67. The van der Waals surface area contributed by atoms with Gasteiger partial charge in [0.2, 0.25) is 0 Å². The lowest BCUT2D eigenvalue weighted by atomic mass is 10.1. The van der Waals surface area contributed by atoms with Crippen LogP contribution in [-0.2, 0) is 0 Å². The van der Waals surface area contributed by atoms with Gasteiger partial charge in [0.15, 0.2) is 0 Å². The second-order valence-corrected chi connectivity index (χ2v) is 7.05. The molecule has 3 aromatic carbocycles. The zero-order valence-corrected chi connectivity index (χ0v) is 17.0. The number of nitrogens with one attached hydrogen (secondary N) is 3. The van der Waals surface area contributed by atoms with Crippen LogP contribution in [0.4, 0.5) is 20.2 Å². The number of fused-ring (bicyclic) bond motifs is 1. The molecule has 7 nitrogen and oxygen atoms in total. The summed E-state index contributed by atoms with van der Waals surface area (Å²) >= 11 is 5.91. The standard InChI is InChI=1S/C22H15ClF2N4O3/c23-16-10-15(5-7-19(16)32-22(24)25)29-20(30)12-2-1-3-14(8-12)28-21(31)13-4-6-17-18(9-13)27-11-26-17/h1-11,22H,(H,26,27)(H,28,31)(H,29,30). The molecule has 0 aliphatic heterocycles. The van der Waals surface area contributed by atoms with Gasteiger partial charge in [-0.2, -0.15) is 8.78 Å². The molecule has 162 valence electrons. The number of nitrogens with zero attached hydrogens (tertiary/aromatic N) is 1. The van der Waals surface area contributed by atoms with E-state index in [9.17, 15) is 18.4 Å². The molecule has 0 radical (unpaired) electrons. The van der Waals surface area contributed by atoms with Crippen LogP contribution in [0.5, 0.6) is 5.75 Å². The Labute approximate surface area is 185 Å². The van der Waals surface area contributed by atoms with E-state index in [2.05, 4.69) is 25.3 Å². The smallest absolute Gasteiger partial charge is 0.387 e. The van der Waals surface area contributed by atoms with Crippen LogP contribution in [0.3, 0.4) is 0 Å². The molecule has 3 N–H and O–H groups in total. The van der Waals surface area contributed by atoms with E-state index >= 15 is 0 Å². The van der Waals surface area contributed by atoms with E-state index in [0.29, 0.717) is 16.9 Å². The maximum atomic E-state index is 12.6. The van der Waals surface area contributed by atoms with Crippen molar-refractivity contribution >= 4 is 45.8 Å². The molecule has 0 spiro atoms. The van der Waals surface area contributed by atoms with Crippen molar-refractivity contribution in [3.8, 4) is 5.75 Å². The number of aromatic nitrogens is 2. The molecule has 2 amide bonds. The van der Waals surface area contributed by atoms with Crippen LogP contribution in [0.15, 0.2) is 67.0 Å². The highest BCUT2D eigenvalue weighted by Crippen LogP contribution is 2.29. The number of aromatic amines is 1. The third kappa shape index (κ3) is 4.84. The number of benzene rings is 3. The number of rotatable bonds is 6. The molecule has 0 aliphatic carbocycles. The molecule has 0 bridgehead atoms. The van der Waals surface area contributed by atoms with Crippen molar-refractivity contribution in [3.05, 3.63) is 83.1 Å². The van der Waals surface area contributed by atoms with E-state index in [4.69, 9.17) is 11.6 Å². The van der Waals surface area contributed by atoms with Crippen LogP contribution in [0.1, 0.15) is 20.7 Å². The van der Waals surface area contributed by atoms with Crippen molar-refractivity contribution in [2.75, 3.05) is 10.6 Å². The van der Waals surface area contributed by atoms with Crippen LogP contribution in [0, 0.1) is 0 Å². The molecular formula is C22H15ClF2N4O3. The lowest BCUT2D eigenvalue weighted by molar-refractivity contribution is -0.0497. The Kier molecular flexibility index (Phi) is 6.00. The summed E-state index contributed by atoms with van der Waals surface area (Å²) in [5, 5.41) is 5.29. The van der Waals surface area contributed by atoms with Gasteiger partial charge in [-0.25, -0.2) is 4.98 Å². The van der Waals surface area contributed by atoms with E-state index in [1.165, 1.54) is 24.3 Å². The maximum Gasteiger partial charge on any atom is 0.387 e. The predicted octanol–water partition coefficient (Wildman–Crippen LogP) is 5.32. The molecule has 0 atom stereocenters. The van der Waals surface area contributed by atoms with Gasteiger partial charge >= 0.3 is 6.61 Å². The minimum atomic E-state index is -3.01. The van der Waals surface area contributed by atoms with Gasteiger partial charge in [-0.05, 0) is 54.6 Å². The number of hydrogen-bond acceptors (Lipinski definition) is 4. The van der Waals surface area contributed by atoms with Crippen LogP contribution in [0.2, 0.25) is 5.02 Å². The number of carbonyl (C=O) groups is 2. The largest absolute Gasteiger partial charge is 0.433 e. The van der Waals surface area contributed by atoms with Gasteiger partial charge < -0.3 is 20.4 Å². The quantitative estimate of drug-likeness (QED) is 0.366. The molecule has 4 rings (SSSR count). The normalized spacial score (nSPS) is 10.9. The van der Waals surface area contributed by atoms with Crippen molar-refractivity contribution in [2.45, 2.75) is 6.61 Å². The van der Waals surface area contributed by atoms with Gasteiger partial charge in [-0.15, -0.1) is 0 Å². The third-order valence-corrected chi connectivity index (χ3v) is 4.77. The number of ether oxygens (including phenoxy) is 1. The molecule has 4 aromatic rings. The maximum absolute atomic E-state index is 12.6. The third-order valence-electron chi connectivity index (χ3n) is 4.47. The summed E-state index contributed by atoms with van der Waals surface area (Å²) in [6, 6.07) is 15.3. The van der Waals surface area contributed by atoms with Crippen LogP contribution in [0.25, 0.3) is 11.0 Å². The number of H-pyrrole nitrogens is 1. The van der Waals surface area contributed by atoms with Gasteiger partial charge in [0, 0.05) is 22.5 Å². The van der Waals surface area contributed by atoms with Crippen molar-refractivity contribution in [1.82, 2.24) is 9.97 Å². The summed E-state index contributed by atoms with van der Waals surface area (Å²) in [5.41, 5.74) is 2.90. The fraction of sp³-hybridized carbons (Fsp3) is 0.0455. The van der Waals surface area contributed by atoms with E-state index in [1.54, 1.807) is 42.7 Å². The molecule has 0 saturated heterocycles. The first-order chi connectivity index (χ1) is 15.4. The van der Waals surface area contributed by atoms with E-state index in [0.717, 1.165) is 11.0 Å². The Balaban J connectivity index is 1.45. The second kappa shape index (κ2) is 9.03. The molecular weight excluding hydrogens is 442 g/mol. The van der Waals surface area contributed by atoms with Crippen molar-refractivity contribution in [3.63, 3.8) is 0 Å². The zero-order chi connectivity index (χ0) is 22.7. The number of anilines is 2. The van der Waals surface area contributed by atoms with Crippen LogP contribution >= 0.6 is 11.6 Å². The highest BCUT2D eigenvalue weighted by Gasteiger charge is 2.13. The SMILES string of the molecule is O=C(Nc1ccc(OC(F)F)c(Cl)c1)c1cccc(NC(=O)c2ccc3nc[nH]c3c2)c1. The molecule has 0 saturated carbocycles. The van der Waals surface area contributed by atoms with Gasteiger partial charge in [0.05, 0.1) is 22.4 Å². The first-order valence-electron chi connectivity index (χ1n) is 9.29. The first kappa shape index (κ1) is 21.3. The van der Waals surface area contributed by atoms with Gasteiger partial charge in [-0.1, -0.05) is 17.7 Å². The number of hydrogen-bond donors (Lipinski definition) is 3. The summed E-state index contributed by atoms with van der Waals surface area (Å²) in [5.74, 6) is -1.02.